The highest BCUT2D eigenvalue weighted by molar-refractivity contribution is 9.10. The molecule has 0 saturated heterocycles. The maximum Gasteiger partial charge on any atom is 0.0688 e. The van der Waals surface area contributed by atoms with Gasteiger partial charge in [-0.3, -0.25) is 0 Å². The fraction of sp³-hybridized carbons (Fsp3) is 0.200. The van der Waals surface area contributed by atoms with Crippen LogP contribution in [0.4, 0.5) is 0 Å². The van der Waals surface area contributed by atoms with Gasteiger partial charge in [0, 0.05) is 20.4 Å². The van der Waals surface area contributed by atoms with E-state index in [2.05, 4.69) is 22.0 Å². The van der Waals surface area contributed by atoms with Crippen LogP contribution >= 0.6 is 38.9 Å². The lowest BCUT2D eigenvalue weighted by molar-refractivity contribution is 0.283. The van der Waals surface area contributed by atoms with Crippen molar-refractivity contribution in [1.29, 1.82) is 0 Å². The number of halogens is 2. The molecule has 0 aliphatic heterocycles. The van der Waals surface area contributed by atoms with Gasteiger partial charge in [-0.2, -0.15) is 0 Å². The van der Waals surface area contributed by atoms with Crippen molar-refractivity contribution in [2.45, 2.75) is 12.5 Å². The molecule has 0 spiro atoms. The summed E-state index contributed by atoms with van der Waals surface area (Å²) in [5.41, 5.74) is 2.04. The van der Waals surface area contributed by atoms with Gasteiger partial charge in [0.25, 0.3) is 0 Å². The second-order valence-electron chi connectivity index (χ2n) is 2.99. The first kappa shape index (κ1) is 10.4. The SMILES string of the molecule is OCc1cc(Br)cc2scc(CCl)c12. The predicted octanol–water partition coefficient (Wildman–Crippen LogP) is 3.89. The van der Waals surface area contributed by atoms with Crippen LogP contribution in [0.25, 0.3) is 10.1 Å². The lowest BCUT2D eigenvalue weighted by Crippen LogP contribution is -1.86. The average Bonchev–Trinajstić information content (AvgIpc) is 2.59. The Morgan fingerprint density at radius 2 is 2.14 bits per heavy atom. The number of hydrogen-bond donors (Lipinski definition) is 1. The molecule has 2 aromatic rings. The molecule has 0 radical (unpaired) electrons. The van der Waals surface area contributed by atoms with Crippen molar-refractivity contribution in [2.75, 3.05) is 0 Å². The number of fused-ring (bicyclic) bond motifs is 1. The minimum Gasteiger partial charge on any atom is -0.392 e. The first-order valence-corrected chi connectivity index (χ1v) is 6.32. The number of rotatable bonds is 2. The first-order valence-electron chi connectivity index (χ1n) is 4.11. The minimum atomic E-state index is 0.0521. The topological polar surface area (TPSA) is 20.2 Å². The van der Waals surface area contributed by atoms with Gasteiger partial charge in [0.15, 0.2) is 0 Å². The molecule has 1 N–H and O–H groups in total. The normalized spacial score (nSPS) is 11.1. The molecule has 0 fully saturated rings. The van der Waals surface area contributed by atoms with Gasteiger partial charge < -0.3 is 5.11 Å². The van der Waals surface area contributed by atoms with E-state index in [-0.39, 0.29) is 6.61 Å². The number of benzene rings is 1. The van der Waals surface area contributed by atoms with Crippen molar-refractivity contribution in [3.63, 3.8) is 0 Å². The summed E-state index contributed by atoms with van der Waals surface area (Å²) in [6.45, 7) is 0.0521. The largest absolute Gasteiger partial charge is 0.392 e. The van der Waals surface area contributed by atoms with E-state index >= 15 is 0 Å². The maximum atomic E-state index is 9.24. The minimum absolute atomic E-state index is 0.0521. The quantitative estimate of drug-likeness (QED) is 0.832. The molecule has 0 amide bonds. The molecule has 4 heteroatoms. The Balaban J connectivity index is 2.78. The number of hydrogen-bond acceptors (Lipinski definition) is 2. The van der Waals surface area contributed by atoms with Crippen molar-refractivity contribution in [3.05, 3.63) is 33.1 Å². The van der Waals surface area contributed by atoms with Gasteiger partial charge in [0.05, 0.1) is 6.61 Å². The van der Waals surface area contributed by atoms with Crippen LogP contribution < -0.4 is 0 Å². The lowest BCUT2D eigenvalue weighted by Gasteiger charge is -2.02. The average molecular weight is 292 g/mol. The molecule has 1 heterocycles. The first-order chi connectivity index (χ1) is 6.76. The van der Waals surface area contributed by atoms with E-state index in [1.54, 1.807) is 11.3 Å². The highest BCUT2D eigenvalue weighted by atomic mass is 79.9. The summed E-state index contributed by atoms with van der Waals surface area (Å²) >= 11 is 10.9. The molecule has 0 saturated carbocycles. The van der Waals surface area contributed by atoms with E-state index in [1.807, 2.05) is 11.4 Å². The van der Waals surface area contributed by atoms with Gasteiger partial charge in [-0.05, 0) is 28.6 Å². The zero-order valence-corrected chi connectivity index (χ0v) is 10.4. The summed E-state index contributed by atoms with van der Waals surface area (Å²) in [6.07, 6.45) is 0. The summed E-state index contributed by atoms with van der Waals surface area (Å²) in [5, 5.41) is 12.4. The molecule has 0 atom stereocenters. The molecule has 0 aliphatic carbocycles. The van der Waals surface area contributed by atoms with Crippen molar-refractivity contribution >= 4 is 49.0 Å². The van der Waals surface area contributed by atoms with Gasteiger partial charge in [0.1, 0.15) is 0 Å². The van der Waals surface area contributed by atoms with E-state index in [9.17, 15) is 5.11 Å². The monoisotopic (exact) mass is 290 g/mol. The summed E-state index contributed by atoms with van der Waals surface area (Å²) in [6, 6.07) is 3.99. The molecule has 0 bridgehead atoms. The highest BCUT2D eigenvalue weighted by Crippen LogP contribution is 2.33. The standard InChI is InChI=1S/C10H8BrClOS/c11-8-1-6(4-13)10-7(3-12)5-14-9(10)2-8/h1-2,5,13H,3-4H2. The summed E-state index contributed by atoms with van der Waals surface area (Å²) in [4.78, 5) is 0. The number of aliphatic hydroxyl groups is 1. The Hall–Kier alpha value is -0.0900. The van der Waals surface area contributed by atoms with Gasteiger partial charge in [-0.25, -0.2) is 0 Å². The Kier molecular flexibility index (Phi) is 3.12. The number of aliphatic hydroxyl groups excluding tert-OH is 1. The van der Waals surface area contributed by atoms with Crippen LogP contribution in [0.5, 0.6) is 0 Å². The van der Waals surface area contributed by atoms with Crippen molar-refractivity contribution < 1.29 is 5.11 Å². The fourth-order valence-electron chi connectivity index (χ4n) is 1.51. The molecule has 0 unspecified atom stereocenters. The molecular formula is C10H8BrClOS. The third-order valence-electron chi connectivity index (χ3n) is 2.11. The number of thiophene rings is 1. The predicted molar refractivity (Wildman–Crippen MR) is 65.0 cm³/mol. The second-order valence-corrected chi connectivity index (χ2v) is 5.08. The van der Waals surface area contributed by atoms with Crippen LogP contribution in [0, 0.1) is 0 Å². The Labute approximate surface area is 99.4 Å². The van der Waals surface area contributed by atoms with E-state index in [1.165, 1.54) is 4.70 Å². The molecule has 2 rings (SSSR count). The van der Waals surface area contributed by atoms with E-state index in [4.69, 9.17) is 11.6 Å². The molecule has 1 aromatic carbocycles. The smallest absolute Gasteiger partial charge is 0.0688 e. The molecule has 1 nitrogen and oxygen atoms in total. The van der Waals surface area contributed by atoms with E-state index in [0.717, 1.165) is 21.0 Å². The zero-order chi connectivity index (χ0) is 10.1. The van der Waals surface area contributed by atoms with Gasteiger partial charge in [-0.15, -0.1) is 22.9 Å². The van der Waals surface area contributed by atoms with Crippen LogP contribution in [-0.4, -0.2) is 5.11 Å². The van der Waals surface area contributed by atoms with Crippen molar-refractivity contribution in [2.24, 2.45) is 0 Å². The fourth-order valence-corrected chi connectivity index (χ4v) is 3.51. The molecular weight excluding hydrogens is 284 g/mol. The second kappa shape index (κ2) is 4.19. The van der Waals surface area contributed by atoms with E-state index < -0.39 is 0 Å². The summed E-state index contributed by atoms with van der Waals surface area (Å²) in [7, 11) is 0. The Morgan fingerprint density at radius 1 is 1.36 bits per heavy atom. The van der Waals surface area contributed by atoms with Gasteiger partial charge in [-0.1, -0.05) is 15.9 Å². The maximum absolute atomic E-state index is 9.24. The summed E-state index contributed by atoms with van der Waals surface area (Å²) < 4.78 is 2.16. The van der Waals surface area contributed by atoms with Crippen LogP contribution in [0.2, 0.25) is 0 Å². The van der Waals surface area contributed by atoms with Crippen LogP contribution in [-0.2, 0) is 12.5 Å². The van der Waals surface area contributed by atoms with Crippen molar-refractivity contribution in [3.8, 4) is 0 Å². The highest BCUT2D eigenvalue weighted by Gasteiger charge is 2.08. The molecule has 14 heavy (non-hydrogen) atoms. The van der Waals surface area contributed by atoms with Crippen molar-refractivity contribution in [1.82, 2.24) is 0 Å². The Bertz CT molecular complexity index is 466. The van der Waals surface area contributed by atoms with E-state index in [0.29, 0.717) is 5.88 Å². The lowest BCUT2D eigenvalue weighted by atomic mass is 10.1. The molecule has 0 aliphatic rings. The third-order valence-corrected chi connectivity index (χ3v) is 3.84. The summed E-state index contributed by atoms with van der Waals surface area (Å²) in [5.74, 6) is 0.495. The number of alkyl halides is 1. The van der Waals surface area contributed by atoms with Gasteiger partial charge in [0.2, 0.25) is 0 Å². The van der Waals surface area contributed by atoms with Crippen LogP contribution in [0.1, 0.15) is 11.1 Å². The third kappa shape index (κ3) is 1.70. The molecule has 74 valence electrons. The van der Waals surface area contributed by atoms with Gasteiger partial charge >= 0.3 is 0 Å². The molecule has 1 aromatic heterocycles. The Morgan fingerprint density at radius 3 is 2.79 bits per heavy atom. The zero-order valence-electron chi connectivity index (χ0n) is 7.26. The van der Waals surface area contributed by atoms with Crippen LogP contribution in [0.3, 0.4) is 0 Å². The van der Waals surface area contributed by atoms with Crippen LogP contribution in [0.15, 0.2) is 22.0 Å².